The lowest BCUT2D eigenvalue weighted by Crippen LogP contribution is -2.36. The molecule has 0 spiro atoms. The predicted octanol–water partition coefficient (Wildman–Crippen LogP) is 4.03. The summed E-state index contributed by atoms with van der Waals surface area (Å²) in [6.07, 6.45) is -1.13. The Bertz CT molecular complexity index is 1310. The van der Waals surface area contributed by atoms with Gasteiger partial charge in [-0.15, -0.1) is 0 Å². The van der Waals surface area contributed by atoms with E-state index in [4.69, 9.17) is 5.73 Å². The summed E-state index contributed by atoms with van der Waals surface area (Å²) in [5.74, 6) is -0.534. The largest absolute Gasteiger partial charge is 0.419 e. The van der Waals surface area contributed by atoms with Gasteiger partial charge in [-0.1, -0.05) is 30.3 Å². The van der Waals surface area contributed by atoms with Gasteiger partial charge < -0.3 is 15.3 Å². The van der Waals surface area contributed by atoms with Crippen LogP contribution >= 0.6 is 0 Å². The Labute approximate surface area is 224 Å². The number of aryl methyl sites for hydroxylation is 2. The first-order chi connectivity index (χ1) is 18.6. The number of rotatable bonds is 10. The van der Waals surface area contributed by atoms with Gasteiger partial charge >= 0.3 is 6.18 Å². The number of benzene rings is 2. The van der Waals surface area contributed by atoms with Gasteiger partial charge in [0.15, 0.2) is 0 Å². The molecule has 39 heavy (non-hydrogen) atoms. The Kier molecular flexibility index (Phi) is 9.11. The molecule has 0 atom stereocenters. The highest BCUT2D eigenvalue weighted by Gasteiger charge is 2.35. The van der Waals surface area contributed by atoms with Crippen LogP contribution in [0.2, 0.25) is 0 Å². The maximum atomic E-state index is 13.8. The lowest BCUT2D eigenvalue weighted by molar-refractivity contribution is -0.138. The first kappa shape index (κ1) is 28.4. The SMILES string of the molecule is NC(=O)Cc1ccc(F)cc1CCc1nc(Cc2ccc(C3CCN([B]C=O)CC3)cc2)ncc1C(F)(F)F. The Morgan fingerprint density at radius 2 is 1.79 bits per heavy atom. The smallest absolute Gasteiger partial charge is 0.369 e. The summed E-state index contributed by atoms with van der Waals surface area (Å²) in [5, 5.41) is 0. The second-order valence-electron chi connectivity index (χ2n) is 9.71. The van der Waals surface area contributed by atoms with Crippen molar-refractivity contribution in [1.29, 1.82) is 0 Å². The second kappa shape index (κ2) is 12.5. The predicted molar refractivity (Wildman–Crippen MR) is 139 cm³/mol. The van der Waals surface area contributed by atoms with E-state index in [0.717, 1.165) is 43.9 Å². The number of alkyl halides is 3. The minimum absolute atomic E-state index is 0.0536. The zero-order chi connectivity index (χ0) is 28.0. The van der Waals surface area contributed by atoms with Crippen molar-refractivity contribution in [2.24, 2.45) is 5.73 Å². The van der Waals surface area contributed by atoms with Crippen molar-refractivity contribution in [2.45, 2.75) is 50.6 Å². The number of aromatic nitrogens is 2. The minimum atomic E-state index is -4.65. The molecule has 3 aromatic rings. The first-order valence-corrected chi connectivity index (χ1v) is 12.7. The number of primary amides is 1. The zero-order valence-corrected chi connectivity index (χ0v) is 21.3. The number of nitrogens with zero attached hydrogens (tertiary/aromatic N) is 3. The molecular formula is C28H28BF4N4O2. The third-order valence-corrected chi connectivity index (χ3v) is 7.00. The lowest BCUT2D eigenvalue weighted by atomic mass is 9.84. The average Bonchev–Trinajstić information content (AvgIpc) is 2.89. The second-order valence-corrected chi connectivity index (χ2v) is 9.71. The van der Waals surface area contributed by atoms with Crippen LogP contribution in [0.3, 0.4) is 0 Å². The molecule has 6 nitrogen and oxygen atoms in total. The van der Waals surface area contributed by atoms with E-state index in [1.807, 2.05) is 29.1 Å². The molecule has 1 amide bonds. The summed E-state index contributed by atoms with van der Waals surface area (Å²) in [7, 11) is 1.57. The number of carbonyl (C=O) groups is 2. The van der Waals surface area contributed by atoms with E-state index in [1.165, 1.54) is 23.8 Å². The van der Waals surface area contributed by atoms with Crippen molar-refractivity contribution >= 4 is 19.5 Å². The summed E-state index contributed by atoms with van der Waals surface area (Å²) in [4.78, 5) is 32.3. The van der Waals surface area contributed by atoms with Crippen molar-refractivity contribution in [1.82, 2.24) is 14.8 Å². The summed E-state index contributed by atoms with van der Waals surface area (Å²) in [5.41, 5.74) is 7.07. The Hall–Kier alpha value is -3.60. The molecule has 2 aromatic carbocycles. The van der Waals surface area contributed by atoms with E-state index in [2.05, 4.69) is 9.97 Å². The zero-order valence-electron chi connectivity index (χ0n) is 21.3. The lowest BCUT2D eigenvalue weighted by Gasteiger charge is -2.30. The molecule has 11 heteroatoms. The van der Waals surface area contributed by atoms with Crippen LogP contribution in [0.1, 0.15) is 58.1 Å². The van der Waals surface area contributed by atoms with Crippen molar-refractivity contribution in [3.63, 3.8) is 0 Å². The molecule has 0 unspecified atom stereocenters. The van der Waals surface area contributed by atoms with Crippen LogP contribution in [-0.4, -0.2) is 47.4 Å². The first-order valence-electron chi connectivity index (χ1n) is 12.7. The van der Waals surface area contributed by atoms with Gasteiger partial charge in [-0.05, 0) is 79.1 Å². The molecule has 1 aromatic heterocycles. The summed E-state index contributed by atoms with van der Waals surface area (Å²) in [6.45, 7) is 1.62. The molecule has 2 N–H and O–H groups in total. The van der Waals surface area contributed by atoms with Crippen LogP contribution in [0.4, 0.5) is 17.6 Å². The molecule has 2 heterocycles. The van der Waals surface area contributed by atoms with Gasteiger partial charge in [0.05, 0.1) is 23.9 Å². The summed E-state index contributed by atoms with van der Waals surface area (Å²) >= 11 is 0. The summed E-state index contributed by atoms with van der Waals surface area (Å²) in [6, 6.07) is 11.7. The average molecular weight is 539 g/mol. The van der Waals surface area contributed by atoms with Crippen LogP contribution in [-0.2, 0) is 41.4 Å². The van der Waals surface area contributed by atoms with E-state index < -0.39 is 23.5 Å². The standard InChI is InChI=1S/C28H28BF4N4O2/c30-23-7-5-22(15-26(34)39)21(14-23)6-8-25-24(28(31,32)33)16-35-27(36-25)13-18-1-3-19(4-2-18)20-9-11-37(12-10-20)29-17-38/h1-5,7,14,16-17,20H,6,8-13,15H2,(H2,34,39). The molecule has 0 saturated carbocycles. The third kappa shape index (κ3) is 7.72. The molecule has 0 bridgehead atoms. The van der Waals surface area contributed by atoms with E-state index in [9.17, 15) is 27.2 Å². The van der Waals surface area contributed by atoms with Crippen LogP contribution in [0.25, 0.3) is 0 Å². The number of nitrogens with two attached hydrogens (primary N) is 1. The van der Waals surface area contributed by atoms with Crippen molar-refractivity contribution in [3.8, 4) is 0 Å². The number of amides is 1. The highest BCUT2D eigenvalue weighted by molar-refractivity contribution is 6.64. The van der Waals surface area contributed by atoms with Gasteiger partial charge in [0.2, 0.25) is 5.91 Å². The van der Waals surface area contributed by atoms with E-state index in [-0.39, 0.29) is 37.2 Å². The van der Waals surface area contributed by atoms with Gasteiger partial charge in [0, 0.05) is 12.6 Å². The fraction of sp³-hybridized carbons (Fsp3) is 0.357. The molecule has 1 radical (unpaired) electrons. The Morgan fingerprint density at radius 1 is 1.08 bits per heavy atom. The monoisotopic (exact) mass is 539 g/mol. The number of piperidine rings is 1. The summed E-state index contributed by atoms with van der Waals surface area (Å²) < 4.78 is 55.0. The third-order valence-electron chi connectivity index (χ3n) is 7.00. The highest BCUT2D eigenvalue weighted by atomic mass is 19.4. The number of hydrogen-bond acceptors (Lipinski definition) is 5. The molecule has 4 rings (SSSR count). The number of hydrogen-bond donors (Lipinski definition) is 1. The Morgan fingerprint density at radius 3 is 2.44 bits per heavy atom. The molecular weight excluding hydrogens is 511 g/mol. The normalized spacial score (nSPS) is 14.8. The Balaban J connectivity index is 1.48. The maximum Gasteiger partial charge on any atom is 0.419 e. The number of halogens is 4. The van der Waals surface area contributed by atoms with Gasteiger partial charge in [-0.2, -0.15) is 13.2 Å². The van der Waals surface area contributed by atoms with E-state index >= 15 is 0 Å². The van der Waals surface area contributed by atoms with Crippen LogP contribution in [0.5, 0.6) is 0 Å². The fourth-order valence-electron chi connectivity index (χ4n) is 4.97. The molecule has 0 aliphatic carbocycles. The van der Waals surface area contributed by atoms with Crippen LogP contribution in [0, 0.1) is 5.82 Å². The van der Waals surface area contributed by atoms with Gasteiger partial charge in [-0.25, -0.2) is 14.4 Å². The number of carbonyl (C=O) groups excluding carboxylic acids is 2. The molecule has 203 valence electrons. The highest BCUT2D eigenvalue weighted by Crippen LogP contribution is 2.32. The van der Waals surface area contributed by atoms with Crippen LogP contribution < -0.4 is 5.73 Å². The minimum Gasteiger partial charge on any atom is -0.369 e. The van der Waals surface area contributed by atoms with Crippen molar-refractivity contribution < 1.29 is 27.2 Å². The van der Waals surface area contributed by atoms with E-state index in [1.54, 1.807) is 7.41 Å². The fourth-order valence-corrected chi connectivity index (χ4v) is 4.97. The van der Waals surface area contributed by atoms with Gasteiger partial charge in [-0.3, -0.25) is 4.79 Å². The van der Waals surface area contributed by atoms with Gasteiger partial charge in [0.25, 0.3) is 7.41 Å². The maximum absolute atomic E-state index is 13.8. The molecule has 1 aliphatic rings. The van der Waals surface area contributed by atoms with Crippen LogP contribution in [0.15, 0.2) is 48.7 Å². The van der Waals surface area contributed by atoms with E-state index in [0.29, 0.717) is 17.0 Å². The molecule has 1 fully saturated rings. The quantitative estimate of drug-likeness (QED) is 0.239. The molecule has 1 aliphatic heterocycles. The molecule has 1 saturated heterocycles. The van der Waals surface area contributed by atoms with Gasteiger partial charge in [0.1, 0.15) is 11.6 Å². The van der Waals surface area contributed by atoms with Crippen molar-refractivity contribution in [3.05, 3.63) is 93.8 Å². The topological polar surface area (TPSA) is 89.2 Å². The van der Waals surface area contributed by atoms with Crippen molar-refractivity contribution in [2.75, 3.05) is 13.1 Å².